The van der Waals surface area contributed by atoms with Gasteiger partial charge in [0.05, 0.1) is 12.0 Å². The summed E-state index contributed by atoms with van der Waals surface area (Å²) in [6, 6.07) is 9.82. The second-order valence-electron chi connectivity index (χ2n) is 4.25. The predicted octanol–water partition coefficient (Wildman–Crippen LogP) is 3.04. The third-order valence-electron chi connectivity index (χ3n) is 2.94. The molecule has 0 fully saturated rings. The molecule has 1 aromatic heterocycles. The lowest BCUT2D eigenvalue weighted by atomic mass is 10.1. The number of carbonyl (C=O) groups excluding carboxylic acids is 1. The van der Waals surface area contributed by atoms with Gasteiger partial charge in [-0.05, 0) is 42.0 Å². The molecule has 0 radical (unpaired) electrons. The average Bonchev–Trinajstić information content (AvgIpc) is 2.85. The molecule has 3 nitrogen and oxygen atoms in total. The number of nitrogens with one attached hydrogen (secondary N) is 1. The van der Waals surface area contributed by atoms with Crippen LogP contribution in [-0.2, 0) is 6.42 Å². The molecule has 2 aromatic rings. The van der Waals surface area contributed by atoms with Crippen LogP contribution < -0.4 is 10.1 Å². The summed E-state index contributed by atoms with van der Waals surface area (Å²) in [4.78, 5) is 12.7. The van der Waals surface area contributed by atoms with Gasteiger partial charge in [0.1, 0.15) is 5.75 Å². The Morgan fingerprint density at radius 1 is 1.32 bits per heavy atom. The number of para-hydroxylation sites is 1. The molecule has 0 bridgehead atoms. The van der Waals surface area contributed by atoms with Gasteiger partial charge < -0.3 is 10.1 Å². The molecule has 0 atom stereocenters. The Labute approximate surface area is 117 Å². The number of methoxy groups -OCH3 is 1. The number of amides is 1. The molecule has 0 spiro atoms. The first kappa shape index (κ1) is 13.6. The quantitative estimate of drug-likeness (QED) is 0.911. The Bertz CT molecular complexity index is 563. The Hall–Kier alpha value is -1.81. The van der Waals surface area contributed by atoms with E-state index in [1.54, 1.807) is 7.11 Å². The Kier molecular flexibility index (Phi) is 4.58. The van der Waals surface area contributed by atoms with Crippen LogP contribution in [0.2, 0.25) is 0 Å². The molecule has 0 saturated heterocycles. The zero-order valence-corrected chi connectivity index (χ0v) is 11.9. The third kappa shape index (κ3) is 3.35. The van der Waals surface area contributed by atoms with Gasteiger partial charge in [-0.2, -0.15) is 0 Å². The van der Waals surface area contributed by atoms with Crippen LogP contribution >= 0.6 is 11.3 Å². The van der Waals surface area contributed by atoms with Crippen molar-refractivity contribution < 1.29 is 9.53 Å². The van der Waals surface area contributed by atoms with Gasteiger partial charge in [-0.1, -0.05) is 18.2 Å². The average molecular weight is 275 g/mol. The zero-order valence-electron chi connectivity index (χ0n) is 11.1. The molecule has 0 aliphatic heterocycles. The van der Waals surface area contributed by atoms with Crippen molar-refractivity contribution in [3.63, 3.8) is 0 Å². The van der Waals surface area contributed by atoms with Crippen LogP contribution in [0.3, 0.4) is 0 Å². The maximum Gasteiger partial charge on any atom is 0.261 e. The fourth-order valence-corrected chi connectivity index (χ4v) is 2.75. The summed E-state index contributed by atoms with van der Waals surface area (Å²) in [7, 11) is 1.66. The van der Waals surface area contributed by atoms with Gasteiger partial charge >= 0.3 is 0 Å². The fraction of sp³-hybridized carbons (Fsp3) is 0.267. The first-order valence-electron chi connectivity index (χ1n) is 6.16. The minimum absolute atomic E-state index is 0.00222. The lowest BCUT2D eigenvalue weighted by molar-refractivity contribution is 0.0957. The van der Waals surface area contributed by atoms with Crippen molar-refractivity contribution in [1.29, 1.82) is 0 Å². The minimum Gasteiger partial charge on any atom is -0.496 e. The second kappa shape index (κ2) is 6.38. The monoisotopic (exact) mass is 275 g/mol. The van der Waals surface area contributed by atoms with E-state index in [0.717, 1.165) is 28.2 Å². The highest BCUT2D eigenvalue weighted by atomic mass is 32.1. The van der Waals surface area contributed by atoms with Crippen molar-refractivity contribution in [3.05, 3.63) is 51.7 Å². The summed E-state index contributed by atoms with van der Waals surface area (Å²) in [5.41, 5.74) is 2.13. The maximum atomic E-state index is 11.9. The molecule has 1 heterocycles. The van der Waals surface area contributed by atoms with E-state index in [1.807, 2.05) is 42.6 Å². The van der Waals surface area contributed by atoms with Gasteiger partial charge in [-0.3, -0.25) is 4.79 Å². The highest BCUT2D eigenvalue weighted by Crippen LogP contribution is 2.18. The lowest BCUT2D eigenvalue weighted by Gasteiger charge is -2.08. The maximum absolute atomic E-state index is 11.9. The first-order valence-corrected chi connectivity index (χ1v) is 7.04. The lowest BCUT2D eigenvalue weighted by Crippen LogP contribution is -2.25. The molecule has 0 aliphatic carbocycles. The molecular formula is C15H17NO2S. The smallest absolute Gasteiger partial charge is 0.261 e. The van der Waals surface area contributed by atoms with E-state index < -0.39 is 0 Å². The zero-order chi connectivity index (χ0) is 13.7. The summed E-state index contributed by atoms with van der Waals surface area (Å²) in [5.74, 6) is 0.867. The first-order chi connectivity index (χ1) is 9.22. The van der Waals surface area contributed by atoms with Crippen LogP contribution in [0.15, 0.2) is 35.7 Å². The summed E-state index contributed by atoms with van der Waals surface area (Å²) >= 11 is 1.47. The van der Waals surface area contributed by atoms with Crippen LogP contribution in [0, 0.1) is 6.92 Å². The Morgan fingerprint density at radius 3 is 2.79 bits per heavy atom. The van der Waals surface area contributed by atoms with E-state index in [0.29, 0.717) is 6.54 Å². The molecule has 4 heteroatoms. The second-order valence-corrected chi connectivity index (χ2v) is 5.17. The fourth-order valence-electron chi connectivity index (χ4n) is 1.91. The largest absolute Gasteiger partial charge is 0.496 e. The van der Waals surface area contributed by atoms with Crippen molar-refractivity contribution in [2.45, 2.75) is 13.3 Å². The van der Waals surface area contributed by atoms with Crippen LogP contribution in [0.4, 0.5) is 0 Å². The summed E-state index contributed by atoms with van der Waals surface area (Å²) in [5, 5.41) is 4.88. The van der Waals surface area contributed by atoms with Gasteiger partial charge in [0, 0.05) is 6.54 Å². The topological polar surface area (TPSA) is 38.3 Å². The number of hydrogen-bond acceptors (Lipinski definition) is 3. The molecule has 19 heavy (non-hydrogen) atoms. The standard InChI is InChI=1S/C15H17NO2S/c1-11-8-10-19-14(11)15(17)16-9-7-12-5-3-4-6-13(12)18-2/h3-6,8,10H,7,9H2,1-2H3,(H,16,17). The number of aryl methyl sites for hydroxylation is 1. The van der Waals surface area contributed by atoms with E-state index in [-0.39, 0.29) is 5.91 Å². The van der Waals surface area contributed by atoms with Gasteiger partial charge in [0.25, 0.3) is 5.91 Å². The molecule has 1 amide bonds. The van der Waals surface area contributed by atoms with Gasteiger partial charge in [-0.15, -0.1) is 11.3 Å². The number of benzene rings is 1. The third-order valence-corrected chi connectivity index (χ3v) is 3.96. The number of thiophene rings is 1. The van der Waals surface area contributed by atoms with E-state index in [9.17, 15) is 4.79 Å². The summed E-state index contributed by atoms with van der Waals surface area (Å²) in [6.07, 6.45) is 0.764. The van der Waals surface area contributed by atoms with Gasteiger partial charge in [0.2, 0.25) is 0 Å². The van der Waals surface area contributed by atoms with Crippen molar-refractivity contribution in [2.75, 3.05) is 13.7 Å². The Balaban J connectivity index is 1.90. The predicted molar refractivity (Wildman–Crippen MR) is 78.1 cm³/mol. The minimum atomic E-state index is 0.00222. The highest BCUT2D eigenvalue weighted by Gasteiger charge is 2.10. The number of ether oxygens (including phenoxy) is 1. The molecule has 0 unspecified atom stereocenters. The highest BCUT2D eigenvalue weighted by molar-refractivity contribution is 7.12. The van der Waals surface area contributed by atoms with Crippen LogP contribution in [-0.4, -0.2) is 19.6 Å². The summed E-state index contributed by atoms with van der Waals surface area (Å²) in [6.45, 7) is 2.56. The molecule has 2 rings (SSSR count). The summed E-state index contributed by atoms with van der Waals surface area (Å²) < 4.78 is 5.28. The van der Waals surface area contributed by atoms with Crippen molar-refractivity contribution in [1.82, 2.24) is 5.32 Å². The van der Waals surface area contributed by atoms with E-state index >= 15 is 0 Å². The normalized spacial score (nSPS) is 10.2. The SMILES string of the molecule is COc1ccccc1CCNC(=O)c1sccc1C. The van der Waals surface area contributed by atoms with Crippen molar-refractivity contribution >= 4 is 17.2 Å². The van der Waals surface area contributed by atoms with Crippen LogP contribution in [0.25, 0.3) is 0 Å². The van der Waals surface area contributed by atoms with E-state index in [1.165, 1.54) is 11.3 Å². The number of hydrogen-bond donors (Lipinski definition) is 1. The van der Waals surface area contributed by atoms with Crippen LogP contribution in [0.1, 0.15) is 20.8 Å². The van der Waals surface area contributed by atoms with E-state index in [2.05, 4.69) is 5.32 Å². The Morgan fingerprint density at radius 2 is 2.11 bits per heavy atom. The van der Waals surface area contributed by atoms with Gasteiger partial charge in [-0.25, -0.2) is 0 Å². The van der Waals surface area contributed by atoms with Crippen LogP contribution in [0.5, 0.6) is 5.75 Å². The molecule has 0 saturated carbocycles. The number of carbonyl (C=O) groups is 1. The van der Waals surface area contributed by atoms with Crippen molar-refractivity contribution in [2.24, 2.45) is 0 Å². The van der Waals surface area contributed by atoms with E-state index in [4.69, 9.17) is 4.74 Å². The molecule has 1 N–H and O–H groups in total. The molecular weight excluding hydrogens is 258 g/mol. The molecule has 0 aliphatic rings. The van der Waals surface area contributed by atoms with Crippen molar-refractivity contribution in [3.8, 4) is 5.75 Å². The molecule has 1 aromatic carbocycles. The van der Waals surface area contributed by atoms with Gasteiger partial charge in [0.15, 0.2) is 0 Å². The molecule has 100 valence electrons. The number of rotatable bonds is 5.